The molecule has 0 bridgehead atoms. The number of benzene rings is 1. The molecule has 2 rings (SSSR count). The summed E-state index contributed by atoms with van der Waals surface area (Å²) in [6, 6.07) is 5.73. The van der Waals surface area contributed by atoms with Crippen LogP contribution in [0.5, 0.6) is 11.5 Å². The average molecular weight is 364 g/mol. The van der Waals surface area contributed by atoms with Crippen LogP contribution in [0.2, 0.25) is 0 Å². The van der Waals surface area contributed by atoms with Crippen molar-refractivity contribution in [2.75, 3.05) is 40.5 Å². The molecule has 1 aliphatic heterocycles. The SMILES string of the molecule is COc1ccc(CCN(CCNC(=O)C2CCCO2)C(C)=O)cc1OC. The molecule has 144 valence electrons. The lowest BCUT2D eigenvalue weighted by Crippen LogP contribution is -2.41. The van der Waals surface area contributed by atoms with Gasteiger partial charge in [-0.05, 0) is 37.0 Å². The lowest BCUT2D eigenvalue weighted by molar-refractivity contribution is -0.132. The van der Waals surface area contributed by atoms with Crippen molar-refractivity contribution in [1.82, 2.24) is 10.2 Å². The van der Waals surface area contributed by atoms with Crippen molar-refractivity contribution in [3.05, 3.63) is 23.8 Å². The Hall–Kier alpha value is -2.28. The van der Waals surface area contributed by atoms with E-state index in [1.807, 2.05) is 18.2 Å². The molecular weight excluding hydrogens is 336 g/mol. The molecule has 0 radical (unpaired) electrons. The molecule has 0 saturated carbocycles. The predicted molar refractivity (Wildman–Crippen MR) is 97.5 cm³/mol. The number of hydrogen-bond donors (Lipinski definition) is 1. The maximum Gasteiger partial charge on any atom is 0.249 e. The number of rotatable bonds is 9. The minimum absolute atomic E-state index is 0.0168. The number of hydrogen-bond acceptors (Lipinski definition) is 5. The Morgan fingerprint density at radius 3 is 2.62 bits per heavy atom. The number of nitrogens with zero attached hydrogens (tertiary/aromatic N) is 1. The lowest BCUT2D eigenvalue weighted by Gasteiger charge is -2.22. The van der Waals surface area contributed by atoms with Crippen LogP contribution in [0.1, 0.15) is 25.3 Å². The van der Waals surface area contributed by atoms with Crippen LogP contribution in [0.25, 0.3) is 0 Å². The zero-order valence-electron chi connectivity index (χ0n) is 15.7. The first kappa shape index (κ1) is 20.0. The highest BCUT2D eigenvalue weighted by Crippen LogP contribution is 2.27. The lowest BCUT2D eigenvalue weighted by atomic mass is 10.1. The largest absolute Gasteiger partial charge is 0.493 e. The highest BCUT2D eigenvalue weighted by Gasteiger charge is 2.23. The zero-order chi connectivity index (χ0) is 18.9. The van der Waals surface area contributed by atoms with Gasteiger partial charge in [-0.15, -0.1) is 0 Å². The van der Waals surface area contributed by atoms with Crippen LogP contribution < -0.4 is 14.8 Å². The van der Waals surface area contributed by atoms with E-state index in [9.17, 15) is 9.59 Å². The van der Waals surface area contributed by atoms with Crippen molar-refractivity contribution in [3.8, 4) is 11.5 Å². The van der Waals surface area contributed by atoms with Gasteiger partial charge in [0.2, 0.25) is 11.8 Å². The number of amides is 2. The second-order valence-electron chi connectivity index (χ2n) is 6.24. The fourth-order valence-electron chi connectivity index (χ4n) is 2.94. The Labute approximate surface area is 154 Å². The number of carbonyl (C=O) groups excluding carboxylic acids is 2. The molecule has 1 fully saturated rings. The third kappa shape index (κ3) is 5.62. The number of nitrogens with one attached hydrogen (secondary N) is 1. The fraction of sp³-hybridized carbons (Fsp3) is 0.579. The second kappa shape index (κ2) is 10.0. The van der Waals surface area contributed by atoms with Crippen LogP contribution in [0.4, 0.5) is 0 Å². The fourth-order valence-corrected chi connectivity index (χ4v) is 2.94. The Kier molecular flexibility index (Phi) is 7.72. The van der Waals surface area contributed by atoms with Crippen LogP contribution in [0.3, 0.4) is 0 Å². The summed E-state index contributed by atoms with van der Waals surface area (Å²) in [7, 11) is 3.19. The molecule has 1 N–H and O–H groups in total. The van der Waals surface area contributed by atoms with Crippen molar-refractivity contribution in [2.45, 2.75) is 32.3 Å². The molecule has 1 saturated heterocycles. The predicted octanol–water partition coefficient (Wildman–Crippen LogP) is 1.39. The third-order valence-electron chi connectivity index (χ3n) is 4.47. The van der Waals surface area contributed by atoms with Gasteiger partial charge in [-0.25, -0.2) is 0 Å². The van der Waals surface area contributed by atoms with E-state index in [-0.39, 0.29) is 17.9 Å². The molecule has 7 heteroatoms. The molecular formula is C19H28N2O5. The monoisotopic (exact) mass is 364 g/mol. The van der Waals surface area contributed by atoms with Crippen LogP contribution in [-0.2, 0) is 20.7 Å². The van der Waals surface area contributed by atoms with Crippen LogP contribution in [0, 0.1) is 0 Å². The molecule has 1 aromatic carbocycles. The van der Waals surface area contributed by atoms with E-state index < -0.39 is 0 Å². The van der Waals surface area contributed by atoms with Crippen LogP contribution >= 0.6 is 0 Å². The van der Waals surface area contributed by atoms with Crippen molar-refractivity contribution < 1.29 is 23.8 Å². The van der Waals surface area contributed by atoms with Gasteiger partial charge < -0.3 is 24.4 Å². The summed E-state index contributed by atoms with van der Waals surface area (Å²) in [5.74, 6) is 1.24. The van der Waals surface area contributed by atoms with Gasteiger partial charge in [0, 0.05) is 33.2 Å². The standard InChI is InChI=1S/C19H28N2O5/c1-14(22)21(11-9-20-19(23)17-5-4-12-26-17)10-8-15-6-7-16(24-2)18(13-15)25-3/h6-7,13,17H,4-5,8-12H2,1-3H3,(H,20,23). The Balaban J connectivity index is 1.82. The molecule has 0 aromatic heterocycles. The topological polar surface area (TPSA) is 77.1 Å². The van der Waals surface area contributed by atoms with E-state index in [0.717, 1.165) is 18.4 Å². The first-order valence-corrected chi connectivity index (χ1v) is 8.91. The first-order chi connectivity index (χ1) is 12.5. The van der Waals surface area contributed by atoms with E-state index in [2.05, 4.69) is 5.32 Å². The molecule has 1 aromatic rings. The quantitative estimate of drug-likeness (QED) is 0.717. The van der Waals surface area contributed by atoms with Crippen molar-refractivity contribution in [3.63, 3.8) is 0 Å². The van der Waals surface area contributed by atoms with E-state index in [1.54, 1.807) is 19.1 Å². The van der Waals surface area contributed by atoms with Gasteiger partial charge in [-0.2, -0.15) is 0 Å². The van der Waals surface area contributed by atoms with Gasteiger partial charge in [0.15, 0.2) is 11.5 Å². The smallest absolute Gasteiger partial charge is 0.249 e. The summed E-state index contributed by atoms with van der Waals surface area (Å²) in [6.45, 7) is 3.64. The Morgan fingerprint density at radius 2 is 2.00 bits per heavy atom. The second-order valence-corrected chi connectivity index (χ2v) is 6.24. The molecule has 1 aliphatic rings. The highest BCUT2D eigenvalue weighted by atomic mass is 16.5. The summed E-state index contributed by atoms with van der Waals surface area (Å²) in [5.41, 5.74) is 1.05. The molecule has 0 aliphatic carbocycles. The minimum atomic E-state index is -0.340. The summed E-state index contributed by atoms with van der Waals surface area (Å²) in [4.78, 5) is 25.5. The summed E-state index contributed by atoms with van der Waals surface area (Å²) in [6.07, 6.45) is 2.04. The number of ether oxygens (including phenoxy) is 3. The van der Waals surface area contributed by atoms with Gasteiger partial charge in [-0.3, -0.25) is 9.59 Å². The molecule has 2 amide bonds. The van der Waals surface area contributed by atoms with Gasteiger partial charge >= 0.3 is 0 Å². The summed E-state index contributed by atoms with van der Waals surface area (Å²) < 4.78 is 15.9. The van der Waals surface area contributed by atoms with E-state index in [1.165, 1.54) is 6.92 Å². The van der Waals surface area contributed by atoms with E-state index >= 15 is 0 Å². The normalized spacial score (nSPS) is 16.2. The molecule has 1 heterocycles. The van der Waals surface area contributed by atoms with Crippen molar-refractivity contribution in [1.29, 1.82) is 0 Å². The number of methoxy groups -OCH3 is 2. The van der Waals surface area contributed by atoms with Gasteiger partial charge in [0.05, 0.1) is 14.2 Å². The van der Waals surface area contributed by atoms with Gasteiger partial charge in [0.1, 0.15) is 6.10 Å². The minimum Gasteiger partial charge on any atom is -0.493 e. The molecule has 7 nitrogen and oxygen atoms in total. The van der Waals surface area contributed by atoms with Gasteiger partial charge in [0.25, 0.3) is 0 Å². The molecule has 1 atom stereocenters. The Morgan fingerprint density at radius 1 is 1.23 bits per heavy atom. The highest BCUT2D eigenvalue weighted by molar-refractivity contribution is 5.81. The van der Waals surface area contributed by atoms with E-state index in [0.29, 0.717) is 44.2 Å². The molecule has 1 unspecified atom stereocenters. The van der Waals surface area contributed by atoms with Crippen LogP contribution in [-0.4, -0.2) is 63.3 Å². The summed E-state index contributed by atoms with van der Waals surface area (Å²) >= 11 is 0. The van der Waals surface area contributed by atoms with Crippen LogP contribution in [0.15, 0.2) is 18.2 Å². The maximum absolute atomic E-state index is 11.9. The van der Waals surface area contributed by atoms with Crippen molar-refractivity contribution in [2.24, 2.45) is 0 Å². The Bertz CT molecular complexity index is 614. The molecule has 0 spiro atoms. The van der Waals surface area contributed by atoms with Gasteiger partial charge in [-0.1, -0.05) is 6.07 Å². The number of carbonyl (C=O) groups is 2. The average Bonchev–Trinajstić information content (AvgIpc) is 3.18. The maximum atomic E-state index is 11.9. The van der Waals surface area contributed by atoms with E-state index in [4.69, 9.17) is 14.2 Å². The zero-order valence-corrected chi connectivity index (χ0v) is 15.7. The first-order valence-electron chi connectivity index (χ1n) is 8.91. The molecule has 26 heavy (non-hydrogen) atoms. The summed E-state index contributed by atoms with van der Waals surface area (Å²) in [5, 5.41) is 2.85. The third-order valence-corrected chi connectivity index (χ3v) is 4.47. The van der Waals surface area contributed by atoms with Crippen molar-refractivity contribution >= 4 is 11.8 Å².